The number of carboxylic acids is 1. The second kappa shape index (κ2) is 10.0. The van der Waals surface area contributed by atoms with Crippen LogP contribution in [-0.4, -0.2) is 36.6 Å². The zero-order valence-corrected chi connectivity index (χ0v) is 17.6. The molecule has 6 heteroatoms. The van der Waals surface area contributed by atoms with E-state index in [9.17, 15) is 9.59 Å². The number of fused-ring (bicyclic) bond motifs is 1. The highest BCUT2D eigenvalue weighted by Gasteiger charge is 2.28. The summed E-state index contributed by atoms with van der Waals surface area (Å²) >= 11 is 0. The molecule has 0 aromatic heterocycles. The Bertz CT molecular complexity index is 1030. The molecule has 3 aromatic carbocycles. The summed E-state index contributed by atoms with van der Waals surface area (Å²) in [5.74, 6) is 0.192. The fraction of sp³-hybridized carbons (Fsp3) is 0.231. The molecule has 0 bridgehead atoms. The summed E-state index contributed by atoms with van der Waals surface area (Å²) < 4.78 is 11.1. The van der Waals surface area contributed by atoms with Crippen LogP contribution >= 0.6 is 0 Å². The SMILES string of the molecule is O=C(O)COc1cccc2c1OCC2CCC(=O)CN(c1ccccc1)c1ccccc1. The quantitative estimate of drug-likeness (QED) is 0.496. The predicted molar refractivity (Wildman–Crippen MR) is 122 cm³/mol. The third kappa shape index (κ3) is 5.09. The van der Waals surface area contributed by atoms with Gasteiger partial charge in [0.05, 0.1) is 13.2 Å². The molecule has 1 unspecified atom stereocenters. The standard InChI is InChI=1S/C26H25NO5/c28-22(16-27(20-8-3-1-4-9-20)21-10-5-2-6-11-21)15-14-19-17-32-26-23(19)12-7-13-24(26)31-18-25(29)30/h1-13,19H,14-18H2,(H,29,30). The van der Waals surface area contributed by atoms with Crippen LogP contribution in [0, 0.1) is 0 Å². The van der Waals surface area contributed by atoms with Crippen LogP contribution in [0.1, 0.15) is 24.3 Å². The largest absolute Gasteiger partial charge is 0.489 e. The first-order valence-corrected chi connectivity index (χ1v) is 10.6. The molecule has 4 rings (SSSR count). The van der Waals surface area contributed by atoms with Gasteiger partial charge in [-0.2, -0.15) is 0 Å². The molecule has 6 nitrogen and oxygen atoms in total. The Hall–Kier alpha value is -3.80. The molecule has 0 saturated carbocycles. The van der Waals surface area contributed by atoms with Crippen LogP contribution in [0.4, 0.5) is 11.4 Å². The maximum Gasteiger partial charge on any atom is 0.341 e. The van der Waals surface area contributed by atoms with Gasteiger partial charge in [0.15, 0.2) is 23.9 Å². The van der Waals surface area contributed by atoms with Crippen molar-refractivity contribution in [1.29, 1.82) is 0 Å². The maximum absolute atomic E-state index is 12.9. The van der Waals surface area contributed by atoms with Crippen molar-refractivity contribution in [2.75, 3.05) is 24.7 Å². The number of para-hydroxylation sites is 3. The molecule has 3 aromatic rings. The summed E-state index contributed by atoms with van der Waals surface area (Å²) in [7, 11) is 0. The molecule has 0 fully saturated rings. The highest BCUT2D eigenvalue weighted by atomic mass is 16.5. The Kier molecular flexibility index (Phi) is 6.70. The van der Waals surface area contributed by atoms with E-state index in [1.165, 1.54) is 0 Å². The molecule has 0 radical (unpaired) electrons. The lowest BCUT2D eigenvalue weighted by Gasteiger charge is -2.24. The first-order chi connectivity index (χ1) is 15.6. The Labute approximate surface area is 187 Å². The number of carbonyl (C=O) groups is 2. The van der Waals surface area contributed by atoms with Gasteiger partial charge in [-0.3, -0.25) is 4.79 Å². The van der Waals surface area contributed by atoms with Gasteiger partial charge in [-0.25, -0.2) is 4.79 Å². The Morgan fingerprint density at radius 1 is 0.938 bits per heavy atom. The number of ether oxygens (including phenoxy) is 2. The van der Waals surface area contributed by atoms with Gasteiger partial charge in [0, 0.05) is 29.3 Å². The number of ketones is 1. The van der Waals surface area contributed by atoms with E-state index in [-0.39, 0.29) is 18.2 Å². The molecule has 0 saturated heterocycles. The predicted octanol–water partition coefficient (Wildman–Crippen LogP) is 4.81. The van der Waals surface area contributed by atoms with Crippen LogP contribution < -0.4 is 14.4 Å². The molecule has 1 atom stereocenters. The fourth-order valence-electron chi connectivity index (χ4n) is 3.91. The molecule has 0 spiro atoms. The molecule has 0 aliphatic carbocycles. The van der Waals surface area contributed by atoms with Gasteiger partial charge in [0.2, 0.25) is 0 Å². The zero-order chi connectivity index (χ0) is 22.3. The first kappa shape index (κ1) is 21.4. The van der Waals surface area contributed by atoms with Crippen molar-refractivity contribution < 1.29 is 24.2 Å². The van der Waals surface area contributed by atoms with Crippen molar-refractivity contribution >= 4 is 23.1 Å². The minimum absolute atomic E-state index is 0.0734. The van der Waals surface area contributed by atoms with Crippen molar-refractivity contribution in [3.8, 4) is 11.5 Å². The molecule has 1 N–H and O–H groups in total. The van der Waals surface area contributed by atoms with Gasteiger partial charge >= 0.3 is 5.97 Å². The van der Waals surface area contributed by atoms with Gasteiger partial charge in [-0.15, -0.1) is 0 Å². The summed E-state index contributed by atoms with van der Waals surface area (Å²) in [4.78, 5) is 25.8. The average molecular weight is 431 g/mol. The van der Waals surface area contributed by atoms with Crippen LogP contribution in [0.25, 0.3) is 0 Å². The number of anilines is 2. The fourth-order valence-corrected chi connectivity index (χ4v) is 3.91. The number of hydrogen-bond acceptors (Lipinski definition) is 5. The van der Waals surface area contributed by atoms with E-state index >= 15 is 0 Å². The smallest absolute Gasteiger partial charge is 0.341 e. The molecule has 164 valence electrons. The lowest BCUT2D eigenvalue weighted by Crippen LogP contribution is -2.25. The number of carbonyl (C=O) groups excluding carboxylic acids is 1. The van der Waals surface area contributed by atoms with Gasteiger partial charge in [0.1, 0.15) is 0 Å². The van der Waals surface area contributed by atoms with Crippen molar-refractivity contribution in [2.45, 2.75) is 18.8 Å². The maximum atomic E-state index is 12.9. The third-order valence-corrected chi connectivity index (χ3v) is 5.47. The summed E-state index contributed by atoms with van der Waals surface area (Å²) in [5, 5.41) is 8.85. The van der Waals surface area contributed by atoms with E-state index in [4.69, 9.17) is 14.6 Å². The number of rotatable bonds is 10. The van der Waals surface area contributed by atoms with Crippen molar-refractivity contribution in [3.05, 3.63) is 84.4 Å². The normalized spacial score (nSPS) is 14.3. The molecular formula is C26H25NO5. The number of benzene rings is 3. The van der Waals surface area contributed by atoms with Gasteiger partial charge in [-0.1, -0.05) is 48.5 Å². The van der Waals surface area contributed by atoms with E-state index in [1.54, 1.807) is 6.07 Å². The lowest BCUT2D eigenvalue weighted by atomic mass is 9.95. The van der Waals surface area contributed by atoms with E-state index in [2.05, 4.69) is 0 Å². The minimum atomic E-state index is -1.04. The second-order valence-electron chi connectivity index (χ2n) is 7.70. The molecule has 1 heterocycles. The van der Waals surface area contributed by atoms with Gasteiger partial charge in [0.25, 0.3) is 0 Å². The monoisotopic (exact) mass is 431 g/mol. The number of aliphatic carboxylic acids is 1. The lowest BCUT2D eigenvalue weighted by molar-refractivity contribution is -0.139. The average Bonchev–Trinajstić information content (AvgIpc) is 3.24. The van der Waals surface area contributed by atoms with E-state index in [1.807, 2.05) is 77.7 Å². The second-order valence-corrected chi connectivity index (χ2v) is 7.70. The van der Waals surface area contributed by atoms with Crippen LogP contribution in [0.2, 0.25) is 0 Å². The minimum Gasteiger partial charge on any atom is -0.489 e. The molecule has 1 aliphatic heterocycles. The molecule has 0 amide bonds. The highest BCUT2D eigenvalue weighted by molar-refractivity contribution is 5.86. The Morgan fingerprint density at radius 2 is 1.59 bits per heavy atom. The van der Waals surface area contributed by atoms with Crippen LogP contribution in [0.5, 0.6) is 11.5 Å². The zero-order valence-electron chi connectivity index (χ0n) is 17.6. The summed E-state index contributed by atoms with van der Waals surface area (Å²) in [6.07, 6.45) is 1.08. The van der Waals surface area contributed by atoms with E-state index in [0.717, 1.165) is 16.9 Å². The highest BCUT2D eigenvalue weighted by Crippen LogP contribution is 2.43. The molecule has 32 heavy (non-hydrogen) atoms. The topological polar surface area (TPSA) is 76.1 Å². The van der Waals surface area contributed by atoms with E-state index < -0.39 is 12.6 Å². The van der Waals surface area contributed by atoms with Crippen LogP contribution in [0.3, 0.4) is 0 Å². The third-order valence-electron chi connectivity index (χ3n) is 5.47. The van der Waals surface area contributed by atoms with Gasteiger partial charge in [-0.05, 0) is 36.8 Å². The number of nitrogens with zero attached hydrogens (tertiary/aromatic N) is 1. The first-order valence-electron chi connectivity index (χ1n) is 10.6. The van der Waals surface area contributed by atoms with Crippen molar-refractivity contribution in [3.63, 3.8) is 0 Å². The number of hydrogen-bond donors (Lipinski definition) is 1. The Morgan fingerprint density at radius 3 is 2.22 bits per heavy atom. The summed E-state index contributed by atoms with van der Waals surface area (Å²) in [6, 6.07) is 25.3. The van der Waals surface area contributed by atoms with E-state index in [0.29, 0.717) is 30.9 Å². The number of Topliss-reactive ketones (excluding diaryl/α,β-unsaturated/α-hetero) is 1. The van der Waals surface area contributed by atoms with Crippen molar-refractivity contribution in [1.82, 2.24) is 0 Å². The van der Waals surface area contributed by atoms with Gasteiger partial charge < -0.3 is 19.5 Å². The van der Waals surface area contributed by atoms with Crippen LogP contribution in [0.15, 0.2) is 78.9 Å². The molecule has 1 aliphatic rings. The summed E-state index contributed by atoms with van der Waals surface area (Å²) in [6.45, 7) is 0.325. The summed E-state index contributed by atoms with van der Waals surface area (Å²) in [5.41, 5.74) is 2.91. The number of carboxylic acid groups (broad SMARTS) is 1. The van der Waals surface area contributed by atoms with Crippen LogP contribution in [-0.2, 0) is 9.59 Å². The van der Waals surface area contributed by atoms with Crippen molar-refractivity contribution in [2.24, 2.45) is 0 Å². The Balaban J connectivity index is 1.41. The molecular weight excluding hydrogens is 406 g/mol.